The zero-order valence-corrected chi connectivity index (χ0v) is 8.55. The number of rotatable bonds is 3. The summed E-state index contributed by atoms with van der Waals surface area (Å²) in [7, 11) is 0. The molecule has 0 saturated heterocycles. The molecule has 3 nitrogen and oxygen atoms in total. The van der Waals surface area contributed by atoms with Crippen LogP contribution in [0, 0.1) is 6.92 Å². The normalized spacial score (nSPS) is 9.93. The van der Waals surface area contributed by atoms with Gasteiger partial charge in [-0.05, 0) is 18.1 Å². The number of nitrogens with zero attached hydrogens (tertiary/aromatic N) is 2. The van der Waals surface area contributed by atoms with Gasteiger partial charge in [0.2, 0.25) is 0 Å². The Balaban J connectivity index is 1.96. The number of benzene rings is 1. The van der Waals surface area contributed by atoms with Crippen LogP contribution in [0.2, 0.25) is 0 Å². The summed E-state index contributed by atoms with van der Waals surface area (Å²) in [6.07, 6.45) is 3.49. The van der Waals surface area contributed by atoms with Gasteiger partial charge in [-0.2, -0.15) is 0 Å². The van der Waals surface area contributed by atoms with Crippen LogP contribution in [0.4, 0.5) is 0 Å². The Hall–Kier alpha value is -1.90. The molecule has 2 aromatic rings. The number of hydrogen-bond donors (Lipinski definition) is 0. The minimum absolute atomic E-state index is 0.421. The number of aromatic nitrogens is 2. The van der Waals surface area contributed by atoms with Crippen molar-refractivity contribution in [3.05, 3.63) is 53.9 Å². The molecule has 0 spiro atoms. The molecule has 0 amide bonds. The van der Waals surface area contributed by atoms with E-state index in [1.807, 2.05) is 37.3 Å². The lowest BCUT2D eigenvalue weighted by Crippen LogP contribution is -1.98. The van der Waals surface area contributed by atoms with E-state index in [-0.39, 0.29) is 0 Å². The number of ether oxygens (including phenoxy) is 1. The SMILES string of the molecule is Cc1cnc(OCc2ccccc2)nc1. The Morgan fingerprint density at radius 3 is 2.40 bits per heavy atom. The lowest BCUT2D eigenvalue weighted by Gasteiger charge is -2.03. The van der Waals surface area contributed by atoms with Crippen molar-refractivity contribution in [1.82, 2.24) is 9.97 Å². The maximum Gasteiger partial charge on any atom is 0.316 e. The Bertz CT molecular complexity index is 411. The minimum Gasteiger partial charge on any atom is -0.459 e. The lowest BCUT2D eigenvalue weighted by molar-refractivity contribution is 0.280. The van der Waals surface area contributed by atoms with Crippen molar-refractivity contribution in [2.45, 2.75) is 13.5 Å². The summed E-state index contributed by atoms with van der Waals surface area (Å²) in [6, 6.07) is 10.4. The monoisotopic (exact) mass is 200 g/mol. The predicted octanol–water partition coefficient (Wildman–Crippen LogP) is 2.36. The van der Waals surface area contributed by atoms with Crippen molar-refractivity contribution in [3.8, 4) is 6.01 Å². The molecular formula is C12H12N2O. The zero-order chi connectivity index (χ0) is 10.5. The molecule has 0 radical (unpaired) electrons. The fourth-order valence-corrected chi connectivity index (χ4v) is 1.18. The smallest absolute Gasteiger partial charge is 0.316 e. The molecule has 1 aromatic carbocycles. The highest BCUT2D eigenvalue weighted by molar-refractivity contribution is 5.14. The van der Waals surface area contributed by atoms with Gasteiger partial charge < -0.3 is 4.74 Å². The van der Waals surface area contributed by atoms with Crippen LogP contribution in [0.25, 0.3) is 0 Å². The van der Waals surface area contributed by atoms with Crippen LogP contribution < -0.4 is 4.74 Å². The van der Waals surface area contributed by atoms with Gasteiger partial charge in [-0.1, -0.05) is 30.3 Å². The molecule has 0 aliphatic rings. The number of hydrogen-bond acceptors (Lipinski definition) is 3. The molecule has 0 unspecified atom stereocenters. The first-order valence-corrected chi connectivity index (χ1v) is 4.80. The summed E-state index contributed by atoms with van der Waals surface area (Å²) in [5.41, 5.74) is 2.14. The Kier molecular flexibility index (Phi) is 2.93. The number of aryl methyl sites for hydroxylation is 1. The summed E-state index contributed by atoms with van der Waals surface area (Å²) in [6.45, 7) is 2.45. The van der Waals surface area contributed by atoms with Crippen molar-refractivity contribution in [1.29, 1.82) is 0 Å². The van der Waals surface area contributed by atoms with Crippen molar-refractivity contribution in [3.63, 3.8) is 0 Å². The standard InChI is InChI=1S/C12H12N2O/c1-10-7-13-12(14-8-10)15-9-11-5-3-2-4-6-11/h2-8H,9H2,1H3. The Labute approximate surface area is 88.8 Å². The third kappa shape index (κ3) is 2.77. The van der Waals surface area contributed by atoms with Gasteiger partial charge in [0.15, 0.2) is 0 Å². The van der Waals surface area contributed by atoms with E-state index in [1.165, 1.54) is 0 Å². The first kappa shape index (κ1) is 9.65. The van der Waals surface area contributed by atoms with Crippen molar-refractivity contribution in [2.75, 3.05) is 0 Å². The highest BCUT2D eigenvalue weighted by Crippen LogP contribution is 2.05. The molecule has 0 atom stereocenters. The molecule has 1 aromatic heterocycles. The molecule has 0 fully saturated rings. The maximum atomic E-state index is 5.42. The second-order valence-electron chi connectivity index (χ2n) is 3.32. The first-order chi connectivity index (χ1) is 7.34. The highest BCUT2D eigenvalue weighted by Gasteiger charge is 1.97. The van der Waals surface area contributed by atoms with Crippen LogP contribution in [0.1, 0.15) is 11.1 Å². The third-order valence-electron chi connectivity index (χ3n) is 1.97. The molecule has 0 saturated carbocycles. The molecule has 0 aliphatic carbocycles. The van der Waals surface area contributed by atoms with E-state index in [0.717, 1.165) is 11.1 Å². The van der Waals surface area contributed by atoms with Gasteiger partial charge in [0.05, 0.1) is 0 Å². The Morgan fingerprint density at radius 1 is 1.07 bits per heavy atom. The summed E-state index contributed by atoms with van der Waals surface area (Å²) < 4.78 is 5.42. The van der Waals surface area contributed by atoms with Crippen molar-refractivity contribution in [2.24, 2.45) is 0 Å². The van der Waals surface area contributed by atoms with Gasteiger partial charge >= 0.3 is 6.01 Å². The van der Waals surface area contributed by atoms with E-state index < -0.39 is 0 Å². The van der Waals surface area contributed by atoms with E-state index in [0.29, 0.717) is 12.6 Å². The largest absolute Gasteiger partial charge is 0.459 e. The summed E-state index contributed by atoms with van der Waals surface area (Å²) >= 11 is 0. The van der Waals surface area contributed by atoms with Crippen LogP contribution in [0.15, 0.2) is 42.7 Å². The summed E-state index contributed by atoms with van der Waals surface area (Å²) in [5.74, 6) is 0. The average molecular weight is 200 g/mol. The van der Waals surface area contributed by atoms with E-state index in [9.17, 15) is 0 Å². The average Bonchev–Trinajstić information content (AvgIpc) is 2.30. The van der Waals surface area contributed by atoms with Gasteiger partial charge in [-0.25, -0.2) is 9.97 Å². The van der Waals surface area contributed by atoms with Crippen LogP contribution >= 0.6 is 0 Å². The van der Waals surface area contributed by atoms with Crippen LogP contribution in [0.3, 0.4) is 0 Å². The van der Waals surface area contributed by atoms with Crippen molar-refractivity contribution >= 4 is 0 Å². The molecule has 15 heavy (non-hydrogen) atoms. The first-order valence-electron chi connectivity index (χ1n) is 4.80. The molecule has 76 valence electrons. The van der Waals surface area contributed by atoms with Gasteiger partial charge in [0.25, 0.3) is 0 Å². The maximum absolute atomic E-state index is 5.42. The van der Waals surface area contributed by atoms with Gasteiger partial charge in [0.1, 0.15) is 6.61 Å². The molecule has 0 N–H and O–H groups in total. The second-order valence-corrected chi connectivity index (χ2v) is 3.32. The van der Waals surface area contributed by atoms with Crippen LogP contribution in [-0.4, -0.2) is 9.97 Å². The highest BCUT2D eigenvalue weighted by atomic mass is 16.5. The molecule has 3 heteroatoms. The molecule has 0 bridgehead atoms. The van der Waals surface area contributed by atoms with E-state index in [4.69, 9.17) is 4.74 Å². The Morgan fingerprint density at radius 2 is 1.73 bits per heavy atom. The van der Waals surface area contributed by atoms with E-state index in [1.54, 1.807) is 12.4 Å². The fraction of sp³-hybridized carbons (Fsp3) is 0.167. The molecule has 2 rings (SSSR count). The van der Waals surface area contributed by atoms with Gasteiger partial charge in [-0.3, -0.25) is 0 Å². The molecule has 0 aliphatic heterocycles. The third-order valence-corrected chi connectivity index (χ3v) is 1.97. The summed E-state index contributed by atoms with van der Waals surface area (Å²) in [5, 5.41) is 0. The van der Waals surface area contributed by atoms with Gasteiger partial charge in [-0.15, -0.1) is 0 Å². The lowest BCUT2D eigenvalue weighted by atomic mass is 10.2. The molecule has 1 heterocycles. The fourth-order valence-electron chi connectivity index (χ4n) is 1.18. The predicted molar refractivity (Wildman–Crippen MR) is 57.5 cm³/mol. The quantitative estimate of drug-likeness (QED) is 0.762. The zero-order valence-electron chi connectivity index (χ0n) is 8.55. The van der Waals surface area contributed by atoms with Gasteiger partial charge in [0, 0.05) is 12.4 Å². The minimum atomic E-state index is 0.421. The van der Waals surface area contributed by atoms with E-state index >= 15 is 0 Å². The van der Waals surface area contributed by atoms with Crippen molar-refractivity contribution < 1.29 is 4.74 Å². The molecular weight excluding hydrogens is 188 g/mol. The topological polar surface area (TPSA) is 35.0 Å². The van der Waals surface area contributed by atoms with Crippen LogP contribution in [0.5, 0.6) is 6.01 Å². The second kappa shape index (κ2) is 4.55. The summed E-state index contributed by atoms with van der Waals surface area (Å²) in [4.78, 5) is 8.12. The van der Waals surface area contributed by atoms with E-state index in [2.05, 4.69) is 9.97 Å². The van der Waals surface area contributed by atoms with Crippen LogP contribution in [-0.2, 0) is 6.61 Å².